The van der Waals surface area contributed by atoms with Gasteiger partial charge in [-0.25, -0.2) is 0 Å². The van der Waals surface area contributed by atoms with Crippen LogP contribution in [0.25, 0.3) is 0 Å². The molecule has 1 N–H and O–H groups in total. The number of hydrogen-bond acceptors (Lipinski definition) is 3. The zero-order valence-corrected chi connectivity index (χ0v) is 11.1. The fourth-order valence-corrected chi connectivity index (χ4v) is 2.02. The van der Waals surface area contributed by atoms with Gasteiger partial charge >= 0.3 is 0 Å². The monoisotopic (exact) mass is 237 g/mol. The number of carbonyl (C=O) groups is 1. The number of nitrogens with zero attached hydrogens (tertiary/aromatic N) is 2. The number of rotatable bonds is 4. The van der Waals surface area contributed by atoms with Crippen molar-refractivity contribution in [3.63, 3.8) is 0 Å². The molecule has 1 aliphatic rings. The second kappa shape index (κ2) is 6.02. The van der Waals surface area contributed by atoms with E-state index in [-0.39, 0.29) is 17.5 Å². The molecule has 1 atom stereocenters. The molecular weight excluding hydrogens is 214 g/mol. The van der Waals surface area contributed by atoms with E-state index in [2.05, 4.69) is 18.3 Å². The van der Waals surface area contributed by atoms with Crippen LogP contribution in [0.4, 0.5) is 0 Å². The summed E-state index contributed by atoms with van der Waals surface area (Å²) in [5.74, 6) is 0.0269. The minimum Gasteiger partial charge on any atom is -0.350 e. The Kier molecular flexibility index (Phi) is 4.95. The van der Waals surface area contributed by atoms with Gasteiger partial charge in [-0.2, -0.15) is 5.26 Å². The predicted octanol–water partition coefficient (Wildman–Crippen LogP) is 1.67. The molecule has 1 amide bonds. The van der Waals surface area contributed by atoms with Gasteiger partial charge in [0, 0.05) is 5.54 Å². The molecule has 0 aliphatic carbocycles. The van der Waals surface area contributed by atoms with Crippen LogP contribution in [0.2, 0.25) is 0 Å². The lowest BCUT2D eigenvalue weighted by atomic mass is 10.0. The third-order valence-electron chi connectivity index (χ3n) is 3.47. The number of nitrogens with one attached hydrogen (secondary N) is 1. The lowest BCUT2D eigenvalue weighted by molar-refractivity contribution is -0.124. The fourth-order valence-electron chi connectivity index (χ4n) is 2.02. The Labute approximate surface area is 104 Å². The average Bonchev–Trinajstić information content (AvgIpc) is 2.29. The summed E-state index contributed by atoms with van der Waals surface area (Å²) >= 11 is 0. The highest BCUT2D eigenvalue weighted by Crippen LogP contribution is 2.16. The number of nitriles is 1. The Morgan fingerprint density at radius 2 is 2.24 bits per heavy atom. The molecule has 1 fully saturated rings. The van der Waals surface area contributed by atoms with Crippen molar-refractivity contribution >= 4 is 5.91 Å². The Hall–Kier alpha value is -1.08. The molecule has 0 bridgehead atoms. The van der Waals surface area contributed by atoms with E-state index in [4.69, 9.17) is 5.26 Å². The second-order valence-electron chi connectivity index (χ2n) is 5.40. The second-order valence-corrected chi connectivity index (χ2v) is 5.40. The molecule has 0 aromatic carbocycles. The molecule has 1 saturated heterocycles. The van der Waals surface area contributed by atoms with E-state index in [9.17, 15) is 4.79 Å². The van der Waals surface area contributed by atoms with Gasteiger partial charge in [0.25, 0.3) is 0 Å². The largest absolute Gasteiger partial charge is 0.350 e. The lowest BCUT2D eigenvalue weighted by Crippen LogP contribution is -2.50. The summed E-state index contributed by atoms with van der Waals surface area (Å²) in [6, 6.07) is 2.20. The quantitative estimate of drug-likeness (QED) is 0.809. The van der Waals surface area contributed by atoms with Crippen LogP contribution in [0.1, 0.15) is 46.5 Å². The normalized spacial score (nSPS) is 21.9. The summed E-state index contributed by atoms with van der Waals surface area (Å²) in [7, 11) is 0. The Morgan fingerprint density at radius 1 is 1.53 bits per heavy atom. The smallest absolute Gasteiger partial charge is 0.234 e. The molecule has 96 valence electrons. The molecule has 1 rings (SSSR count). The van der Waals surface area contributed by atoms with Gasteiger partial charge in [0.15, 0.2) is 0 Å². The summed E-state index contributed by atoms with van der Waals surface area (Å²) in [6.45, 7) is 7.30. The highest BCUT2D eigenvalue weighted by molar-refractivity contribution is 5.78. The van der Waals surface area contributed by atoms with E-state index in [0.717, 1.165) is 32.2 Å². The van der Waals surface area contributed by atoms with Crippen LogP contribution < -0.4 is 5.32 Å². The van der Waals surface area contributed by atoms with Crippen molar-refractivity contribution in [3.05, 3.63) is 0 Å². The van der Waals surface area contributed by atoms with E-state index in [1.165, 1.54) is 0 Å². The van der Waals surface area contributed by atoms with Gasteiger partial charge in [0.05, 0.1) is 18.7 Å². The third-order valence-corrected chi connectivity index (χ3v) is 3.47. The Morgan fingerprint density at radius 3 is 2.82 bits per heavy atom. The molecule has 1 heterocycles. The molecule has 17 heavy (non-hydrogen) atoms. The van der Waals surface area contributed by atoms with Gasteiger partial charge in [-0.05, 0) is 46.1 Å². The highest BCUT2D eigenvalue weighted by atomic mass is 16.2. The molecular formula is C13H23N3O. The molecule has 1 aliphatic heterocycles. The molecule has 0 aromatic heterocycles. The minimum absolute atomic E-state index is 0.0269. The minimum atomic E-state index is -0.158. The van der Waals surface area contributed by atoms with Gasteiger partial charge in [-0.1, -0.05) is 6.92 Å². The number of piperidine rings is 1. The van der Waals surface area contributed by atoms with Gasteiger partial charge < -0.3 is 5.32 Å². The molecule has 0 spiro atoms. The van der Waals surface area contributed by atoms with Crippen LogP contribution in [-0.4, -0.2) is 35.5 Å². The average molecular weight is 237 g/mol. The first-order chi connectivity index (χ1) is 7.98. The van der Waals surface area contributed by atoms with Crippen molar-refractivity contribution < 1.29 is 4.79 Å². The zero-order valence-electron chi connectivity index (χ0n) is 11.1. The van der Waals surface area contributed by atoms with Crippen molar-refractivity contribution in [2.75, 3.05) is 13.1 Å². The van der Waals surface area contributed by atoms with Gasteiger partial charge in [0.2, 0.25) is 5.91 Å². The molecule has 4 nitrogen and oxygen atoms in total. The van der Waals surface area contributed by atoms with Crippen molar-refractivity contribution in [3.8, 4) is 6.07 Å². The first-order valence-corrected chi connectivity index (χ1v) is 6.43. The Bertz CT molecular complexity index is 306. The highest BCUT2D eigenvalue weighted by Gasteiger charge is 2.25. The topological polar surface area (TPSA) is 56.1 Å². The summed E-state index contributed by atoms with van der Waals surface area (Å²) in [5.41, 5.74) is -0.158. The van der Waals surface area contributed by atoms with Crippen molar-refractivity contribution in [1.29, 1.82) is 5.26 Å². The zero-order chi connectivity index (χ0) is 12.9. The molecule has 0 radical (unpaired) electrons. The van der Waals surface area contributed by atoms with E-state index in [1.54, 1.807) is 0 Å². The summed E-state index contributed by atoms with van der Waals surface area (Å²) in [4.78, 5) is 13.9. The van der Waals surface area contributed by atoms with Crippen LogP contribution in [0.15, 0.2) is 0 Å². The van der Waals surface area contributed by atoms with Crippen molar-refractivity contribution in [2.45, 2.75) is 58.0 Å². The van der Waals surface area contributed by atoms with E-state index < -0.39 is 0 Å². The van der Waals surface area contributed by atoms with Gasteiger partial charge in [-0.3, -0.25) is 9.69 Å². The number of likely N-dealkylation sites (tertiary alicyclic amines) is 1. The number of amides is 1. The van der Waals surface area contributed by atoms with Crippen LogP contribution in [0.5, 0.6) is 0 Å². The Balaban J connectivity index is 2.47. The summed E-state index contributed by atoms with van der Waals surface area (Å²) in [5, 5.41) is 12.0. The van der Waals surface area contributed by atoms with Crippen LogP contribution in [-0.2, 0) is 4.79 Å². The molecule has 1 unspecified atom stereocenters. The number of carbonyl (C=O) groups excluding carboxylic acids is 1. The first-order valence-electron chi connectivity index (χ1n) is 6.43. The standard InChI is InChI=1S/C13H23N3O/c1-4-13(2,3)15-12(17)10-16-8-6-5-7-11(16)9-14/h11H,4-8,10H2,1-3H3,(H,15,17). The third kappa shape index (κ3) is 4.35. The lowest BCUT2D eigenvalue weighted by Gasteiger charge is -2.32. The van der Waals surface area contributed by atoms with Crippen molar-refractivity contribution in [2.24, 2.45) is 0 Å². The maximum atomic E-state index is 11.9. The SMILES string of the molecule is CCC(C)(C)NC(=O)CN1CCCCC1C#N. The maximum Gasteiger partial charge on any atom is 0.234 e. The van der Waals surface area contributed by atoms with Crippen molar-refractivity contribution in [1.82, 2.24) is 10.2 Å². The summed E-state index contributed by atoms with van der Waals surface area (Å²) in [6.07, 6.45) is 3.97. The fraction of sp³-hybridized carbons (Fsp3) is 0.846. The van der Waals surface area contributed by atoms with Gasteiger partial charge in [0.1, 0.15) is 0 Å². The molecule has 4 heteroatoms. The van der Waals surface area contributed by atoms with E-state index in [1.807, 2.05) is 18.7 Å². The molecule has 0 aromatic rings. The predicted molar refractivity (Wildman–Crippen MR) is 67.3 cm³/mol. The van der Waals surface area contributed by atoms with E-state index >= 15 is 0 Å². The number of hydrogen-bond donors (Lipinski definition) is 1. The van der Waals surface area contributed by atoms with E-state index in [0.29, 0.717) is 6.54 Å². The molecule has 0 saturated carbocycles. The van der Waals surface area contributed by atoms with Crippen LogP contribution in [0, 0.1) is 11.3 Å². The van der Waals surface area contributed by atoms with Crippen LogP contribution >= 0.6 is 0 Å². The first kappa shape index (κ1) is 14.0. The van der Waals surface area contributed by atoms with Crippen LogP contribution in [0.3, 0.4) is 0 Å². The maximum absolute atomic E-state index is 11.9. The summed E-state index contributed by atoms with van der Waals surface area (Å²) < 4.78 is 0. The van der Waals surface area contributed by atoms with Gasteiger partial charge in [-0.15, -0.1) is 0 Å².